The minimum absolute atomic E-state index is 0.293. The SMILES string of the molecule is CO[C@H]1O[C@H](CCC2=C[C@H](OCc3ccccc3)[C@@H](OCc3ccccc3)[C@@H](COCc3ccccc3)O2)[C@H](OCc2ccccc2)[C@H](OCc2ccccc2)[C@H]1OCc1ccccc1. The Morgan fingerprint density at radius 2 is 0.785 bits per heavy atom. The predicted octanol–water partition coefficient (Wildman–Crippen LogP) is 10.6. The van der Waals surface area contributed by atoms with Gasteiger partial charge in [-0.2, -0.15) is 0 Å². The monoisotopic (exact) mass is 876 g/mol. The fourth-order valence-corrected chi connectivity index (χ4v) is 8.26. The highest BCUT2D eigenvalue weighted by atomic mass is 16.7. The molecule has 8 rings (SSSR count). The molecule has 0 amide bonds. The van der Waals surface area contributed by atoms with E-state index >= 15 is 0 Å². The van der Waals surface area contributed by atoms with Crippen LogP contribution < -0.4 is 0 Å². The molecule has 338 valence electrons. The Morgan fingerprint density at radius 3 is 1.23 bits per heavy atom. The van der Waals surface area contributed by atoms with Crippen LogP contribution in [0.5, 0.6) is 0 Å². The number of hydrogen-bond acceptors (Lipinski definition) is 9. The first-order valence-corrected chi connectivity index (χ1v) is 22.6. The van der Waals surface area contributed by atoms with Gasteiger partial charge in [0, 0.05) is 13.5 Å². The third-order valence-electron chi connectivity index (χ3n) is 11.7. The zero-order valence-corrected chi connectivity index (χ0v) is 37.1. The van der Waals surface area contributed by atoms with Gasteiger partial charge in [0.1, 0.15) is 30.5 Å². The molecule has 65 heavy (non-hydrogen) atoms. The van der Waals surface area contributed by atoms with E-state index in [-0.39, 0.29) is 0 Å². The summed E-state index contributed by atoms with van der Waals surface area (Å²) in [6.07, 6.45) is -1.14. The van der Waals surface area contributed by atoms with Gasteiger partial charge >= 0.3 is 0 Å². The number of allylic oxidation sites excluding steroid dienone is 1. The molecule has 0 radical (unpaired) electrons. The normalized spacial score (nSPS) is 23.1. The molecule has 2 aliphatic rings. The summed E-state index contributed by atoms with van der Waals surface area (Å²) in [5.41, 5.74) is 6.33. The maximum atomic E-state index is 6.90. The average molecular weight is 877 g/mol. The minimum Gasteiger partial charge on any atom is -0.490 e. The van der Waals surface area contributed by atoms with Crippen molar-refractivity contribution >= 4 is 0 Å². The van der Waals surface area contributed by atoms with Crippen LogP contribution in [0.3, 0.4) is 0 Å². The summed E-state index contributed by atoms with van der Waals surface area (Å²) in [5, 5.41) is 0. The molecular formula is C56H60O9. The summed E-state index contributed by atoms with van der Waals surface area (Å²) in [4.78, 5) is 0. The third kappa shape index (κ3) is 13.8. The minimum atomic E-state index is -0.737. The van der Waals surface area contributed by atoms with Crippen LogP contribution in [-0.2, 0) is 82.3 Å². The maximum Gasteiger partial charge on any atom is 0.186 e. The second-order valence-corrected chi connectivity index (χ2v) is 16.4. The summed E-state index contributed by atoms with van der Waals surface area (Å²) >= 11 is 0. The van der Waals surface area contributed by atoms with E-state index in [1.807, 2.05) is 121 Å². The highest BCUT2D eigenvalue weighted by Crippen LogP contribution is 2.35. The summed E-state index contributed by atoms with van der Waals surface area (Å²) in [5.74, 6) is 0.763. The van der Waals surface area contributed by atoms with Gasteiger partial charge in [-0.25, -0.2) is 0 Å². The fourth-order valence-electron chi connectivity index (χ4n) is 8.26. The molecule has 0 bridgehead atoms. The molecule has 0 aromatic heterocycles. The Labute approximate surface area is 383 Å². The quantitative estimate of drug-likeness (QED) is 0.0625. The van der Waals surface area contributed by atoms with Gasteiger partial charge in [-0.05, 0) is 45.9 Å². The van der Waals surface area contributed by atoms with E-state index in [2.05, 4.69) is 66.7 Å². The highest BCUT2D eigenvalue weighted by Gasteiger charge is 2.49. The van der Waals surface area contributed by atoms with Crippen LogP contribution >= 0.6 is 0 Å². The topological polar surface area (TPSA) is 83.1 Å². The molecule has 6 aromatic rings. The molecule has 8 atom stereocenters. The van der Waals surface area contributed by atoms with E-state index in [1.165, 1.54) is 0 Å². The fraction of sp³-hybridized carbons (Fsp3) is 0.321. The van der Waals surface area contributed by atoms with Crippen LogP contribution in [0.4, 0.5) is 0 Å². The molecular weight excluding hydrogens is 817 g/mol. The van der Waals surface area contributed by atoms with Crippen LogP contribution in [0.25, 0.3) is 0 Å². The van der Waals surface area contributed by atoms with Crippen molar-refractivity contribution in [3.63, 3.8) is 0 Å². The van der Waals surface area contributed by atoms with E-state index in [9.17, 15) is 0 Å². The second kappa shape index (κ2) is 24.7. The Morgan fingerprint density at radius 1 is 0.400 bits per heavy atom. The molecule has 6 aromatic carbocycles. The number of methoxy groups -OCH3 is 1. The van der Waals surface area contributed by atoms with Crippen molar-refractivity contribution in [2.24, 2.45) is 0 Å². The molecule has 1 fully saturated rings. The van der Waals surface area contributed by atoms with Gasteiger partial charge < -0.3 is 42.6 Å². The Kier molecular flexibility index (Phi) is 17.5. The van der Waals surface area contributed by atoms with Gasteiger partial charge in [-0.1, -0.05) is 182 Å². The van der Waals surface area contributed by atoms with E-state index in [0.717, 1.165) is 39.1 Å². The van der Waals surface area contributed by atoms with Gasteiger partial charge in [0.15, 0.2) is 12.4 Å². The standard InChI is InChI=1S/C56H60O9/c1-57-56-55(63-40-47-30-18-7-19-31-47)54(62-39-46-28-16-6-17-29-46)53(61-38-45-26-14-5-15-27-45)49(65-56)33-32-48-34-50(59-36-43-22-10-3-11-23-43)52(60-37-44-24-12-4-13-25-44)51(64-48)41-58-35-42-20-8-2-9-21-42/h2-31,34,49-56H,32-33,35-41H2,1H3/t49-,50+,51-,52-,53+,54+,55-,56+/m1/s1. The molecule has 9 nitrogen and oxygen atoms in total. The first-order valence-electron chi connectivity index (χ1n) is 22.6. The average Bonchev–Trinajstić information content (AvgIpc) is 3.37. The number of rotatable bonds is 23. The van der Waals surface area contributed by atoms with Crippen LogP contribution in [0.2, 0.25) is 0 Å². The zero-order chi connectivity index (χ0) is 44.3. The van der Waals surface area contributed by atoms with Crippen molar-refractivity contribution in [1.29, 1.82) is 0 Å². The molecule has 0 N–H and O–H groups in total. The molecule has 0 aliphatic carbocycles. The molecule has 0 spiro atoms. The molecule has 2 aliphatic heterocycles. The smallest absolute Gasteiger partial charge is 0.186 e. The summed E-state index contributed by atoms with van der Waals surface area (Å²) in [6, 6.07) is 60.9. The van der Waals surface area contributed by atoms with Crippen molar-refractivity contribution in [3.05, 3.63) is 227 Å². The lowest BCUT2D eigenvalue weighted by Gasteiger charge is -2.46. The number of benzene rings is 6. The molecule has 9 heteroatoms. The Balaban J connectivity index is 1.07. The lowest BCUT2D eigenvalue weighted by Crippen LogP contribution is -2.60. The van der Waals surface area contributed by atoms with Gasteiger partial charge in [-0.3, -0.25) is 0 Å². The maximum absolute atomic E-state index is 6.90. The summed E-state index contributed by atoms with van der Waals surface area (Å²) in [6.45, 7) is 2.59. The van der Waals surface area contributed by atoms with Crippen molar-refractivity contribution < 1.29 is 42.6 Å². The predicted molar refractivity (Wildman–Crippen MR) is 249 cm³/mol. The number of hydrogen-bond donors (Lipinski definition) is 0. The number of ether oxygens (including phenoxy) is 9. The van der Waals surface area contributed by atoms with E-state index in [0.29, 0.717) is 59.1 Å². The molecule has 2 heterocycles. The summed E-state index contributed by atoms with van der Waals surface area (Å²) < 4.78 is 60.2. The van der Waals surface area contributed by atoms with Gasteiger partial charge in [-0.15, -0.1) is 0 Å². The van der Waals surface area contributed by atoms with Crippen molar-refractivity contribution in [1.82, 2.24) is 0 Å². The first kappa shape index (κ1) is 46.1. The van der Waals surface area contributed by atoms with Crippen molar-refractivity contribution in [2.75, 3.05) is 13.7 Å². The van der Waals surface area contributed by atoms with Gasteiger partial charge in [0.2, 0.25) is 0 Å². The largest absolute Gasteiger partial charge is 0.490 e. The zero-order valence-electron chi connectivity index (χ0n) is 37.1. The van der Waals surface area contributed by atoms with E-state index < -0.39 is 49.0 Å². The molecule has 0 saturated carbocycles. The highest BCUT2D eigenvalue weighted by molar-refractivity contribution is 5.19. The van der Waals surface area contributed by atoms with Crippen molar-refractivity contribution in [3.8, 4) is 0 Å². The van der Waals surface area contributed by atoms with Crippen LogP contribution in [0.1, 0.15) is 46.2 Å². The third-order valence-corrected chi connectivity index (χ3v) is 11.7. The van der Waals surface area contributed by atoms with Gasteiger partial charge in [0.05, 0.1) is 58.1 Å². The van der Waals surface area contributed by atoms with Crippen LogP contribution in [0.15, 0.2) is 194 Å². The van der Waals surface area contributed by atoms with Crippen LogP contribution in [0, 0.1) is 0 Å². The van der Waals surface area contributed by atoms with E-state index in [4.69, 9.17) is 42.6 Å². The molecule has 1 saturated heterocycles. The lowest BCUT2D eigenvalue weighted by atomic mass is 9.93. The second-order valence-electron chi connectivity index (χ2n) is 16.4. The molecule has 0 unspecified atom stereocenters. The van der Waals surface area contributed by atoms with Crippen molar-refractivity contribution in [2.45, 2.75) is 102 Å². The first-order chi connectivity index (χ1) is 32.2. The van der Waals surface area contributed by atoms with Crippen LogP contribution in [-0.4, -0.2) is 62.7 Å². The lowest BCUT2D eigenvalue weighted by molar-refractivity contribution is -0.318. The van der Waals surface area contributed by atoms with E-state index in [1.54, 1.807) is 7.11 Å². The summed E-state index contributed by atoms with van der Waals surface area (Å²) in [7, 11) is 1.65. The Bertz CT molecular complexity index is 2250. The van der Waals surface area contributed by atoms with Gasteiger partial charge in [0.25, 0.3) is 0 Å². The Hall–Kier alpha value is -5.46.